The van der Waals surface area contributed by atoms with Gasteiger partial charge in [-0.25, -0.2) is 8.42 Å². The molecule has 0 aromatic heterocycles. The van der Waals surface area contributed by atoms with Crippen LogP contribution in [0.3, 0.4) is 0 Å². The summed E-state index contributed by atoms with van der Waals surface area (Å²) >= 11 is 15.3. The van der Waals surface area contributed by atoms with Gasteiger partial charge >= 0.3 is 0 Å². The summed E-state index contributed by atoms with van der Waals surface area (Å²) in [7, 11) is -3.69. The minimum Gasteiger partial charge on any atom is -0.328 e. The van der Waals surface area contributed by atoms with E-state index < -0.39 is 10.0 Å². The van der Waals surface area contributed by atoms with Gasteiger partial charge in [-0.3, -0.25) is 0 Å². The average Bonchev–Trinajstić information content (AvgIpc) is 2.76. The molecule has 0 bridgehead atoms. The van der Waals surface area contributed by atoms with E-state index in [4.69, 9.17) is 28.9 Å². The van der Waals surface area contributed by atoms with Gasteiger partial charge in [0.15, 0.2) is 0 Å². The molecule has 1 aliphatic heterocycles. The molecule has 1 aromatic rings. The van der Waals surface area contributed by atoms with Gasteiger partial charge in [0.25, 0.3) is 0 Å². The highest BCUT2D eigenvalue weighted by Gasteiger charge is 2.36. The summed E-state index contributed by atoms with van der Waals surface area (Å²) in [5.41, 5.74) is 5.84. The van der Waals surface area contributed by atoms with Gasteiger partial charge < -0.3 is 5.73 Å². The molecule has 2 rings (SSSR count). The second kappa shape index (κ2) is 6.10. The summed E-state index contributed by atoms with van der Waals surface area (Å²) in [5.74, 6) is 0.165. The Morgan fingerprint density at radius 1 is 1.40 bits per heavy atom. The first-order chi connectivity index (χ1) is 9.23. The topological polar surface area (TPSA) is 63.4 Å². The van der Waals surface area contributed by atoms with Crippen LogP contribution in [-0.4, -0.2) is 31.9 Å². The molecule has 1 aliphatic rings. The van der Waals surface area contributed by atoms with E-state index in [1.54, 1.807) is 0 Å². The SMILES string of the molecule is CC(N)C1CCN(S(=O)(=O)c2c(Cl)cc(Br)cc2Cl)C1. The van der Waals surface area contributed by atoms with Crippen LogP contribution in [0.1, 0.15) is 13.3 Å². The smallest absolute Gasteiger partial charge is 0.246 e. The quantitative estimate of drug-likeness (QED) is 0.846. The van der Waals surface area contributed by atoms with Crippen molar-refractivity contribution in [3.05, 3.63) is 26.7 Å². The first-order valence-electron chi connectivity index (χ1n) is 6.13. The zero-order chi connectivity index (χ0) is 15.1. The van der Waals surface area contributed by atoms with E-state index in [-0.39, 0.29) is 26.9 Å². The molecule has 2 atom stereocenters. The zero-order valence-electron chi connectivity index (χ0n) is 10.8. The second-order valence-corrected chi connectivity index (χ2v) is 8.57. The Hall–Kier alpha value is 0.150. The zero-order valence-corrected chi connectivity index (χ0v) is 14.7. The fraction of sp³-hybridized carbons (Fsp3) is 0.500. The molecule has 1 heterocycles. The standard InChI is InChI=1S/C12H15BrCl2N2O2S/c1-7(16)8-2-3-17(6-8)20(18,19)12-10(14)4-9(13)5-11(12)15/h4-5,7-8H,2-3,6,16H2,1H3. The third kappa shape index (κ3) is 3.15. The van der Waals surface area contributed by atoms with Crippen molar-refractivity contribution in [2.75, 3.05) is 13.1 Å². The summed E-state index contributed by atoms with van der Waals surface area (Å²) in [6.07, 6.45) is 0.753. The van der Waals surface area contributed by atoms with Crippen molar-refractivity contribution >= 4 is 49.2 Å². The fourth-order valence-corrected chi connectivity index (χ4v) is 5.70. The third-order valence-electron chi connectivity index (χ3n) is 3.49. The van der Waals surface area contributed by atoms with Gasteiger partial charge in [-0.15, -0.1) is 0 Å². The van der Waals surface area contributed by atoms with Crippen LogP contribution < -0.4 is 5.73 Å². The lowest BCUT2D eigenvalue weighted by Crippen LogP contribution is -2.33. The average molecular weight is 402 g/mol. The Balaban J connectivity index is 2.38. The van der Waals surface area contributed by atoms with E-state index in [0.717, 1.165) is 6.42 Å². The Bertz CT molecular complexity index is 599. The van der Waals surface area contributed by atoms with E-state index in [2.05, 4.69) is 15.9 Å². The highest BCUT2D eigenvalue weighted by atomic mass is 79.9. The van der Waals surface area contributed by atoms with Crippen LogP contribution in [-0.2, 0) is 10.0 Å². The molecule has 8 heteroatoms. The third-order valence-corrected chi connectivity index (χ3v) is 6.74. The van der Waals surface area contributed by atoms with Crippen LogP contribution in [0.15, 0.2) is 21.5 Å². The minimum absolute atomic E-state index is 0.0330. The largest absolute Gasteiger partial charge is 0.328 e. The van der Waals surface area contributed by atoms with Crippen molar-refractivity contribution < 1.29 is 8.42 Å². The molecule has 2 N–H and O–H groups in total. The lowest BCUT2D eigenvalue weighted by atomic mass is 10.0. The van der Waals surface area contributed by atoms with Gasteiger partial charge in [0.05, 0.1) is 10.0 Å². The molecule has 1 saturated heterocycles. The number of hydrogen-bond donors (Lipinski definition) is 1. The number of halogens is 3. The molecule has 1 fully saturated rings. The number of nitrogens with zero attached hydrogens (tertiary/aromatic N) is 1. The molecule has 0 aliphatic carbocycles. The summed E-state index contributed by atoms with van der Waals surface area (Å²) in [5, 5.41) is 0.238. The molecule has 1 aromatic carbocycles. The number of benzene rings is 1. The Morgan fingerprint density at radius 3 is 2.40 bits per heavy atom. The summed E-state index contributed by atoms with van der Waals surface area (Å²) in [4.78, 5) is -0.0330. The highest BCUT2D eigenvalue weighted by Crippen LogP contribution is 2.36. The molecule has 0 spiro atoms. The van der Waals surface area contributed by atoms with Gasteiger partial charge in [0, 0.05) is 23.6 Å². The molecular weight excluding hydrogens is 387 g/mol. The van der Waals surface area contributed by atoms with Gasteiger partial charge in [-0.2, -0.15) is 4.31 Å². The van der Waals surface area contributed by atoms with Gasteiger partial charge in [0.1, 0.15) is 4.90 Å². The van der Waals surface area contributed by atoms with Crippen molar-refractivity contribution in [1.82, 2.24) is 4.31 Å². The summed E-state index contributed by atoms with van der Waals surface area (Å²) < 4.78 is 27.4. The van der Waals surface area contributed by atoms with Crippen LogP contribution in [0.5, 0.6) is 0 Å². The van der Waals surface area contributed by atoms with Crippen molar-refractivity contribution in [3.63, 3.8) is 0 Å². The maximum Gasteiger partial charge on any atom is 0.246 e. The highest BCUT2D eigenvalue weighted by molar-refractivity contribution is 9.10. The minimum atomic E-state index is -3.69. The molecule has 20 heavy (non-hydrogen) atoms. The number of nitrogens with two attached hydrogens (primary N) is 1. The number of hydrogen-bond acceptors (Lipinski definition) is 3. The van der Waals surface area contributed by atoms with Gasteiger partial charge in [-0.1, -0.05) is 39.1 Å². The molecule has 0 radical (unpaired) electrons. The lowest BCUT2D eigenvalue weighted by Gasteiger charge is -2.19. The number of sulfonamides is 1. The molecule has 2 unspecified atom stereocenters. The normalized spacial score (nSPS) is 22.1. The maximum atomic E-state index is 12.7. The molecule has 0 amide bonds. The molecule has 0 saturated carbocycles. The maximum absolute atomic E-state index is 12.7. The Kier molecular flexibility index (Phi) is 5.04. The molecule has 4 nitrogen and oxygen atoms in total. The van der Waals surface area contributed by atoms with Crippen LogP contribution in [0.25, 0.3) is 0 Å². The van der Waals surface area contributed by atoms with Crippen molar-refractivity contribution in [1.29, 1.82) is 0 Å². The monoisotopic (exact) mass is 400 g/mol. The van der Waals surface area contributed by atoms with Crippen LogP contribution in [0, 0.1) is 5.92 Å². The van der Waals surface area contributed by atoms with E-state index in [9.17, 15) is 8.42 Å². The van der Waals surface area contributed by atoms with E-state index in [1.807, 2.05) is 6.92 Å². The van der Waals surface area contributed by atoms with Crippen molar-refractivity contribution in [2.45, 2.75) is 24.3 Å². The Labute approximate surface area is 137 Å². The first-order valence-corrected chi connectivity index (χ1v) is 9.12. The van der Waals surface area contributed by atoms with Gasteiger partial charge in [-0.05, 0) is 31.4 Å². The predicted molar refractivity (Wildman–Crippen MR) is 84.7 cm³/mol. The lowest BCUT2D eigenvalue weighted by molar-refractivity contribution is 0.429. The number of rotatable bonds is 3. The van der Waals surface area contributed by atoms with E-state index in [0.29, 0.717) is 17.6 Å². The molecular formula is C12H15BrCl2N2O2S. The molecule has 112 valence electrons. The Morgan fingerprint density at radius 2 is 1.95 bits per heavy atom. The van der Waals surface area contributed by atoms with Crippen molar-refractivity contribution in [2.24, 2.45) is 11.7 Å². The van der Waals surface area contributed by atoms with Crippen molar-refractivity contribution in [3.8, 4) is 0 Å². The summed E-state index contributed by atoms with van der Waals surface area (Å²) in [6.45, 7) is 2.74. The predicted octanol–water partition coefficient (Wildman–Crippen LogP) is 3.11. The van der Waals surface area contributed by atoms with Crippen LogP contribution >= 0.6 is 39.1 Å². The first kappa shape index (κ1) is 16.5. The second-order valence-electron chi connectivity index (χ2n) is 4.97. The van der Waals surface area contributed by atoms with Crippen LogP contribution in [0.2, 0.25) is 10.0 Å². The van der Waals surface area contributed by atoms with E-state index >= 15 is 0 Å². The fourth-order valence-electron chi connectivity index (χ4n) is 2.31. The van der Waals surface area contributed by atoms with Gasteiger partial charge in [0.2, 0.25) is 10.0 Å². The van der Waals surface area contributed by atoms with Crippen LogP contribution in [0.4, 0.5) is 0 Å². The van der Waals surface area contributed by atoms with E-state index in [1.165, 1.54) is 16.4 Å². The summed E-state index contributed by atoms with van der Waals surface area (Å²) in [6, 6.07) is 3.02.